The Balaban J connectivity index is 2.03. The lowest BCUT2D eigenvalue weighted by molar-refractivity contribution is 0.217. The second-order valence-electron chi connectivity index (χ2n) is 5.12. The Bertz CT molecular complexity index is 381. The molecule has 1 fully saturated rings. The Morgan fingerprint density at radius 2 is 2.33 bits per heavy atom. The third kappa shape index (κ3) is 3.16. The molecule has 2 unspecified atom stereocenters. The second kappa shape index (κ2) is 6.10. The number of rotatable bonds is 5. The molecule has 1 aromatic carbocycles. The van der Waals surface area contributed by atoms with E-state index in [0.29, 0.717) is 12.5 Å². The molecule has 1 saturated heterocycles. The number of anilines is 1. The molecule has 1 aliphatic heterocycles. The van der Waals surface area contributed by atoms with Crippen molar-refractivity contribution in [2.75, 3.05) is 24.6 Å². The van der Waals surface area contributed by atoms with Gasteiger partial charge in [-0.05, 0) is 31.9 Å². The van der Waals surface area contributed by atoms with E-state index < -0.39 is 0 Å². The van der Waals surface area contributed by atoms with E-state index in [-0.39, 0.29) is 6.10 Å². The van der Waals surface area contributed by atoms with Crippen molar-refractivity contribution in [2.24, 2.45) is 5.92 Å². The van der Waals surface area contributed by atoms with Gasteiger partial charge in [0.05, 0.1) is 6.10 Å². The van der Waals surface area contributed by atoms with Crippen molar-refractivity contribution in [3.05, 3.63) is 24.3 Å². The fraction of sp³-hybridized carbons (Fsp3) is 0.600. The Morgan fingerprint density at radius 3 is 3.00 bits per heavy atom. The molecule has 1 heterocycles. The summed E-state index contributed by atoms with van der Waals surface area (Å²) in [6.07, 6.45) is 2.34. The Morgan fingerprint density at radius 1 is 1.50 bits per heavy atom. The number of benzene rings is 1. The predicted octanol–water partition coefficient (Wildman–Crippen LogP) is 2.68. The fourth-order valence-electron chi connectivity index (χ4n) is 2.29. The number of aliphatic hydroxyl groups excluding tert-OH is 1. The number of nitrogens with zero attached hydrogens (tertiary/aromatic N) is 1. The van der Waals surface area contributed by atoms with Crippen molar-refractivity contribution in [2.45, 2.75) is 32.8 Å². The zero-order valence-electron chi connectivity index (χ0n) is 11.3. The van der Waals surface area contributed by atoms with Gasteiger partial charge in [0.2, 0.25) is 0 Å². The van der Waals surface area contributed by atoms with Crippen LogP contribution in [0.5, 0.6) is 5.75 Å². The summed E-state index contributed by atoms with van der Waals surface area (Å²) >= 11 is 0. The van der Waals surface area contributed by atoms with Gasteiger partial charge in [0, 0.05) is 37.4 Å². The van der Waals surface area contributed by atoms with E-state index in [1.165, 1.54) is 5.69 Å². The van der Waals surface area contributed by atoms with E-state index in [9.17, 15) is 5.11 Å². The molecule has 1 N–H and O–H groups in total. The molecule has 3 heteroatoms. The highest BCUT2D eigenvalue weighted by atomic mass is 16.5. The molecule has 0 aromatic heterocycles. The average molecular weight is 249 g/mol. The SMILES string of the molecule is CCC(C)Oc1cccc(N2CCC(CO)C2)c1. The zero-order chi connectivity index (χ0) is 13.0. The summed E-state index contributed by atoms with van der Waals surface area (Å²) in [5.41, 5.74) is 1.20. The largest absolute Gasteiger partial charge is 0.491 e. The number of ether oxygens (including phenoxy) is 1. The van der Waals surface area contributed by atoms with Crippen molar-refractivity contribution < 1.29 is 9.84 Å². The van der Waals surface area contributed by atoms with Crippen molar-refractivity contribution in [3.63, 3.8) is 0 Å². The fourth-order valence-corrected chi connectivity index (χ4v) is 2.29. The highest BCUT2D eigenvalue weighted by molar-refractivity contribution is 5.51. The molecule has 1 aromatic rings. The minimum atomic E-state index is 0.254. The molecule has 1 aliphatic rings. The molecule has 2 atom stereocenters. The van der Waals surface area contributed by atoms with Gasteiger partial charge < -0.3 is 14.7 Å². The Hall–Kier alpha value is -1.22. The molecule has 0 radical (unpaired) electrons. The van der Waals surface area contributed by atoms with Gasteiger partial charge in [-0.1, -0.05) is 13.0 Å². The molecule has 0 spiro atoms. The van der Waals surface area contributed by atoms with E-state index in [4.69, 9.17) is 4.74 Å². The summed E-state index contributed by atoms with van der Waals surface area (Å²) in [6.45, 7) is 6.48. The maximum Gasteiger partial charge on any atom is 0.121 e. The zero-order valence-corrected chi connectivity index (χ0v) is 11.3. The first-order valence-corrected chi connectivity index (χ1v) is 6.85. The quantitative estimate of drug-likeness (QED) is 0.871. The van der Waals surface area contributed by atoms with Crippen LogP contribution in [0.15, 0.2) is 24.3 Å². The molecule has 0 amide bonds. The van der Waals surface area contributed by atoms with Crippen LogP contribution in [-0.2, 0) is 0 Å². The lowest BCUT2D eigenvalue weighted by Gasteiger charge is -2.20. The average Bonchev–Trinajstić information content (AvgIpc) is 2.87. The highest BCUT2D eigenvalue weighted by Crippen LogP contribution is 2.27. The Kier molecular flexibility index (Phi) is 4.48. The molecular formula is C15H23NO2. The minimum absolute atomic E-state index is 0.254. The monoisotopic (exact) mass is 249 g/mol. The summed E-state index contributed by atoms with van der Waals surface area (Å²) in [5.74, 6) is 1.36. The summed E-state index contributed by atoms with van der Waals surface area (Å²) in [5, 5.41) is 9.18. The summed E-state index contributed by atoms with van der Waals surface area (Å²) in [4.78, 5) is 2.32. The van der Waals surface area contributed by atoms with Crippen molar-refractivity contribution in [1.29, 1.82) is 0 Å². The molecule has 0 bridgehead atoms. The topological polar surface area (TPSA) is 32.7 Å². The van der Waals surface area contributed by atoms with Crippen LogP contribution in [0.3, 0.4) is 0 Å². The lowest BCUT2D eigenvalue weighted by atomic mass is 10.1. The van der Waals surface area contributed by atoms with Gasteiger partial charge in [0.25, 0.3) is 0 Å². The van der Waals surface area contributed by atoms with Crippen LogP contribution in [0.1, 0.15) is 26.7 Å². The van der Waals surface area contributed by atoms with Crippen LogP contribution in [0, 0.1) is 5.92 Å². The second-order valence-corrected chi connectivity index (χ2v) is 5.12. The smallest absolute Gasteiger partial charge is 0.121 e. The molecular weight excluding hydrogens is 226 g/mol. The standard InChI is InChI=1S/C15H23NO2/c1-3-12(2)18-15-6-4-5-14(9-15)16-8-7-13(10-16)11-17/h4-6,9,12-13,17H,3,7-8,10-11H2,1-2H3. The number of hydrogen-bond donors (Lipinski definition) is 1. The van der Waals surface area contributed by atoms with E-state index >= 15 is 0 Å². The van der Waals surface area contributed by atoms with Gasteiger partial charge in [-0.2, -0.15) is 0 Å². The molecule has 100 valence electrons. The van der Waals surface area contributed by atoms with Crippen LogP contribution >= 0.6 is 0 Å². The first-order chi connectivity index (χ1) is 8.72. The Labute approximate surface area is 109 Å². The van der Waals surface area contributed by atoms with Crippen molar-refractivity contribution in [3.8, 4) is 5.75 Å². The van der Waals surface area contributed by atoms with E-state index in [2.05, 4.69) is 30.9 Å². The summed E-state index contributed by atoms with van der Waals surface area (Å²) in [7, 11) is 0. The molecule has 18 heavy (non-hydrogen) atoms. The van der Waals surface area contributed by atoms with Gasteiger partial charge in [-0.15, -0.1) is 0 Å². The molecule has 3 nitrogen and oxygen atoms in total. The maximum atomic E-state index is 9.18. The predicted molar refractivity (Wildman–Crippen MR) is 74.2 cm³/mol. The van der Waals surface area contributed by atoms with Crippen LogP contribution < -0.4 is 9.64 Å². The van der Waals surface area contributed by atoms with Gasteiger partial charge >= 0.3 is 0 Å². The van der Waals surface area contributed by atoms with Gasteiger partial charge in [-0.25, -0.2) is 0 Å². The van der Waals surface area contributed by atoms with Crippen molar-refractivity contribution in [1.82, 2.24) is 0 Å². The van der Waals surface area contributed by atoms with Crippen LogP contribution in [0.4, 0.5) is 5.69 Å². The van der Waals surface area contributed by atoms with E-state index in [1.807, 2.05) is 12.1 Å². The molecule has 0 saturated carbocycles. The normalized spacial score (nSPS) is 21.1. The highest BCUT2D eigenvalue weighted by Gasteiger charge is 2.22. The minimum Gasteiger partial charge on any atom is -0.491 e. The van der Waals surface area contributed by atoms with Gasteiger partial charge in [-0.3, -0.25) is 0 Å². The van der Waals surface area contributed by atoms with Crippen LogP contribution in [0.25, 0.3) is 0 Å². The number of aliphatic hydroxyl groups is 1. The summed E-state index contributed by atoms with van der Waals surface area (Å²) < 4.78 is 5.84. The lowest BCUT2D eigenvalue weighted by Crippen LogP contribution is -2.20. The van der Waals surface area contributed by atoms with E-state index in [0.717, 1.165) is 31.7 Å². The first-order valence-electron chi connectivity index (χ1n) is 6.85. The third-order valence-corrected chi connectivity index (χ3v) is 3.64. The van der Waals surface area contributed by atoms with Crippen molar-refractivity contribution >= 4 is 5.69 Å². The van der Waals surface area contributed by atoms with Crippen LogP contribution in [0.2, 0.25) is 0 Å². The summed E-state index contributed by atoms with van der Waals surface area (Å²) in [6, 6.07) is 8.27. The van der Waals surface area contributed by atoms with Gasteiger partial charge in [0.15, 0.2) is 0 Å². The molecule has 0 aliphatic carbocycles. The number of hydrogen-bond acceptors (Lipinski definition) is 3. The maximum absolute atomic E-state index is 9.18. The first kappa shape index (κ1) is 13.2. The van der Waals surface area contributed by atoms with Crippen LogP contribution in [-0.4, -0.2) is 30.9 Å². The molecule has 2 rings (SSSR count). The third-order valence-electron chi connectivity index (χ3n) is 3.64. The van der Waals surface area contributed by atoms with E-state index in [1.54, 1.807) is 0 Å². The van der Waals surface area contributed by atoms with Gasteiger partial charge in [0.1, 0.15) is 5.75 Å².